The first kappa shape index (κ1) is 17.0. The average Bonchev–Trinajstić information content (AvgIpc) is 3.06. The van der Waals surface area contributed by atoms with Crippen LogP contribution in [0.3, 0.4) is 0 Å². The van der Waals surface area contributed by atoms with Gasteiger partial charge in [-0.2, -0.15) is 0 Å². The Bertz CT molecular complexity index is 1140. The van der Waals surface area contributed by atoms with Crippen LogP contribution >= 0.6 is 0 Å². The van der Waals surface area contributed by atoms with Gasteiger partial charge >= 0.3 is 0 Å². The zero-order chi connectivity index (χ0) is 19.1. The van der Waals surface area contributed by atoms with Crippen LogP contribution in [0.4, 0.5) is 0 Å². The predicted molar refractivity (Wildman–Crippen MR) is 93.8 cm³/mol. The van der Waals surface area contributed by atoms with Crippen LogP contribution in [0.2, 0.25) is 0 Å². The number of Topliss-reactive ketones (excluding diaryl/α,β-unsaturated/α-hetero) is 3. The largest absolute Gasteiger partial charge is 0.360 e. The summed E-state index contributed by atoms with van der Waals surface area (Å²) < 4.78 is 6.21. The number of hydrogen-bond acceptors (Lipinski definition) is 7. The Kier molecular flexibility index (Phi) is 4.02. The van der Waals surface area contributed by atoms with Crippen molar-refractivity contribution in [3.05, 3.63) is 52.1 Å². The molecule has 0 N–H and O–H groups in total. The topological polar surface area (TPSA) is 112 Å². The van der Waals surface area contributed by atoms with Gasteiger partial charge in [0.1, 0.15) is 17.3 Å². The maximum Gasteiger partial charge on any atom is 0.269 e. The van der Waals surface area contributed by atoms with E-state index in [1.165, 1.54) is 12.3 Å². The van der Waals surface area contributed by atoms with Crippen molar-refractivity contribution < 1.29 is 18.9 Å². The first-order valence-electron chi connectivity index (χ1n) is 8.51. The fraction of sp³-hybridized carbons (Fsp3) is 0.263. The SMILES string of the molecule is Cc1cc(-n2c(=O)c(C(=O)C3C(=O)CCCC3=O)cc3cccnc32)no1. The third-order valence-electron chi connectivity index (χ3n) is 4.62. The maximum absolute atomic E-state index is 13.1. The maximum atomic E-state index is 13.1. The molecular weight excluding hydrogens is 350 g/mol. The van der Waals surface area contributed by atoms with Crippen molar-refractivity contribution in [1.82, 2.24) is 14.7 Å². The average molecular weight is 365 g/mol. The summed E-state index contributed by atoms with van der Waals surface area (Å²) in [7, 11) is 0. The fourth-order valence-electron chi connectivity index (χ4n) is 3.34. The van der Waals surface area contributed by atoms with Crippen molar-refractivity contribution >= 4 is 28.4 Å². The van der Waals surface area contributed by atoms with Gasteiger partial charge in [-0.1, -0.05) is 5.16 Å². The van der Waals surface area contributed by atoms with E-state index < -0.39 is 28.8 Å². The summed E-state index contributed by atoms with van der Waals surface area (Å²) in [6.45, 7) is 1.67. The van der Waals surface area contributed by atoms with E-state index in [-0.39, 0.29) is 24.2 Å². The second-order valence-electron chi connectivity index (χ2n) is 6.49. The third kappa shape index (κ3) is 2.79. The summed E-state index contributed by atoms with van der Waals surface area (Å²) in [5.41, 5.74) is -0.621. The zero-order valence-corrected chi connectivity index (χ0v) is 14.5. The van der Waals surface area contributed by atoms with E-state index in [1.54, 1.807) is 25.1 Å². The van der Waals surface area contributed by atoms with Crippen molar-refractivity contribution in [2.75, 3.05) is 0 Å². The molecule has 1 saturated carbocycles. The molecule has 1 aliphatic carbocycles. The van der Waals surface area contributed by atoms with Crippen molar-refractivity contribution in [2.45, 2.75) is 26.2 Å². The van der Waals surface area contributed by atoms with Gasteiger partial charge in [-0.25, -0.2) is 9.55 Å². The van der Waals surface area contributed by atoms with Crippen LogP contribution in [0.1, 0.15) is 35.4 Å². The predicted octanol–water partition coefficient (Wildman–Crippen LogP) is 1.80. The number of nitrogens with zero attached hydrogens (tertiary/aromatic N) is 3. The van der Waals surface area contributed by atoms with E-state index in [9.17, 15) is 19.2 Å². The van der Waals surface area contributed by atoms with Gasteiger partial charge in [0.05, 0.1) is 5.56 Å². The molecule has 27 heavy (non-hydrogen) atoms. The Morgan fingerprint density at radius 2 is 1.93 bits per heavy atom. The van der Waals surface area contributed by atoms with Crippen molar-refractivity contribution in [1.29, 1.82) is 0 Å². The van der Waals surface area contributed by atoms with E-state index in [4.69, 9.17) is 4.52 Å². The third-order valence-corrected chi connectivity index (χ3v) is 4.62. The van der Waals surface area contributed by atoms with E-state index in [2.05, 4.69) is 10.1 Å². The molecule has 8 heteroatoms. The number of fused-ring (bicyclic) bond motifs is 1. The van der Waals surface area contributed by atoms with Crippen molar-refractivity contribution in [3.8, 4) is 5.82 Å². The second-order valence-corrected chi connectivity index (χ2v) is 6.49. The van der Waals surface area contributed by atoms with Gasteiger partial charge in [0.2, 0.25) is 0 Å². The van der Waals surface area contributed by atoms with Gasteiger partial charge in [-0.15, -0.1) is 0 Å². The molecule has 1 aliphatic rings. The molecule has 1 fully saturated rings. The minimum absolute atomic E-state index is 0.161. The zero-order valence-electron chi connectivity index (χ0n) is 14.5. The molecule has 8 nitrogen and oxygen atoms in total. The first-order valence-corrected chi connectivity index (χ1v) is 8.51. The van der Waals surface area contributed by atoms with Crippen LogP contribution in [-0.2, 0) is 9.59 Å². The van der Waals surface area contributed by atoms with Gasteiger partial charge in [-0.05, 0) is 31.5 Å². The molecule has 136 valence electrons. The van der Waals surface area contributed by atoms with Crippen LogP contribution < -0.4 is 5.56 Å². The van der Waals surface area contributed by atoms with Crippen molar-refractivity contribution in [3.63, 3.8) is 0 Å². The fourth-order valence-corrected chi connectivity index (χ4v) is 3.34. The molecule has 0 radical (unpaired) electrons. The van der Waals surface area contributed by atoms with E-state index in [1.807, 2.05) is 0 Å². The lowest BCUT2D eigenvalue weighted by atomic mass is 9.82. The van der Waals surface area contributed by atoms with Crippen LogP contribution in [0, 0.1) is 12.8 Å². The summed E-state index contributed by atoms with van der Waals surface area (Å²) in [5, 5.41) is 4.35. The highest BCUT2D eigenvalue weighted by Gasteiger charge is 2.38. The van der Waals surface area contributed by atoms with Gasteiger partial charge in [-0.3, -0.25) is 19.2 Å². The monoisotopic (exact) mass is 365 g/mol. The summed E-state index contributed by atoms with van der Waals surface area (Å²) in [5.74, 6) is -2.40. The number of aryl methyl sites for hydroxylation is 1. The highest BCUT2D eigenvalue weighted by molar-refractivity contribution is 6.25. The molecule has 0 unspecified atom stereocenters. The number of carbonyl (C=O) groups excluding carboxylic acids is 3. The standard InChI is InChI=1S/C19H15N3O5/c1-10-8-15(21-27-10)22-18-11(4-3-7-20-18)9-12(19(22)26)17(25)16-13(23)5-2-6-14(16)24/h3-4,7-9,16H,2,5-6H2,1H3. The highest BCUT2D eigenvalue weighted by Crippen LogP contribution is 2.23. The number of ketones is 3. The Morgan fingerprint density at radius 3 is 2.59 bits per heavy atom. The molecule has 0 aromatic carbocycles. The number of carbonyl (C=O) groups is 3. The Balaban J connectivity index is 1.96. The smallest absolute Gasteiger partial charge is 0.269 e. The lowest BCUT2D eigenvalue weighted by Gasteiger charge is -2.18. The van der Waals surface area contributed by atoms with Crippen LogP contribution in [0.5, 0.6) is 0 Å². The molecule has 3 aromatic rings. The molecular formula is C19H15N3O5. The Labute approximate surface area is 152 Å². The lowest BCUT2D eigenvalue weighted by molar-refractivity contribution is -0.133. The molecule has 0 bridgehead atoms. The normalized spacial score (nSPS) is 15.4. The molecule has 0 atom stereocenters. The van der Waals surface area contributed by atoms with E-state index >= 15 is 0 Å². The highest BCUT2D eigenvalue weighted by atomic mass is 16.5. The van der Waals surface area contributed by atoms with Crippen LogP contribution in [0.25, 0.3) is 16.9 Å². The van der Waals surface area contributed by atoms with Gasteiger partial charge in [0, 0.05) is 30.5 Å². The number of aromatic nitrogens is 3. The van der Waals surface area contributed by atoms with Crippen LogP contribution in [0.15, 0.2) is 39.8 Å². The molecule has 0 saturated heterocycles. The van der Waals surface area contributed by atoms with E-state index in [0.717, 1.165) is 4.57 Å². The summed E-state index contributed by atoms with van der Waals surface area (Å²) in [6, 6.07) is 6.27. The second kappa shape index (κ2) is 6.39. The van der Waals surface area contributed by atoms with Gasteiger partial charge in [0.25, 0.3) is 5.56 Å². The first-order chi connectivity index (χ1) is 13.0. The number of pyridine rings is 2. The molecule has 0 amide bonds. The number of hydrogen-bond donors (Lipinski definition) is 0. The summed E-state index contributed by atoms with van der Waals surface area (Å²) in [6.07, 6.45) is 2.27. The molecule has 0 aliphatic heterocycles. The minimum atomic E-state index is -1.41. The minimum Gasteiger partial charge on any atom is -0.360 e. The number of rotatable bonds is 3. The molecule has 3 aromatic heterocycles. The van der Waals surface area contributed by atoms with Gasteiger partial charge < -0.3 is 4.52 Å². The van der Waals surface area contributed by atoms with E-state index in [0.29, 0.717) is 23.2 Å². The molecule has 0 spiro atoms. The molecule has 3 heterocycles. The van der Waals surface area contributed by atoms with Crippen LogP contribution in [-0.4, -0.2) is 32.1 Å². The Morgan fingerprint density at radius 1 is 1.19 bits per heavy atom. The Hall–Kier alpha value is -3.42. The summed E-state index contributed by atoms with van der Waals surface area (Å²) >= 11 is 0. The lowest BCUT2D eigenvalue weighted by Crippen LogP contribution is -2.38. The van der Waals surface area contributed by atoms with Crippen molar-refractivity contribution in [2.24, 2.45) is 5.92 Å². The van der Waals surface area contributed by atoms with Gasteiger partial charge in [0.15, 0.2) is 23.2 Å². The summed E-state index contributed by atoms with van der Waals surface area (Å²) in [4.78, 5) is 54.6. The molecule has 4 rings (SSSR count). The quantitative estimate of drug-likeness (QED) is 0.514.